The number of hydrogen-bond acceptors (Lipinski definition) is 6. The van der Waals surface area contributed by atoms with Crippen molar-refractivity contribution in [1.82, 2.24) is 20.5 Å². The third-order valence-electron chi connectivity index (χ3n) is 5.50. The highest BCUT2D eigenvalue weighted by Crippen LogP contribution is 2.43. The molecule has 0 bridgehead atoms. The number of carbonyl (C=O) groups is 2. The van der Waals surface area contributed by atoms with Crippen molar-refractivity contribution in [3.63, 3.8) is 0 Å². The summed E-state index contributed by atoms with van der Waals surface area (Å²) in [6.45, 7) is 5.04. The molecular formula is C24H27FN5O4+. The normalized spacial score (nSPS) is 15.8. The number of pyridine rings is 1. The van der Waals surface area contributed by atoms with Gasteiger partial charge in [0.2, 0.25) is 0 Å². The Hall–Kier alpha value is -3.95. The number of nitrogens with zero attached hydrogens (tertiary/aromatic N) is 2. The van der Waals surface area contributed by atoms with Gasteiger partial charge in [0.05, 0.1) is 11.8 Å². The topological polar surface area (TPSA) is 118 Å². The van der Waals surface area contributed by atoms with E-state index in [2.05, 4.69) is 15.6 Å². The lowest BCUT2D eigenvalue weighted by molar-refractivity contribution is -0.115. The number of carbonyl (C=O) groups excluding carboxylic acids is 2. The third kappa shape index (κ3) is 4.85. The van der Waals surface area contributed by atoms with Crippen LogP contribution in [-0.4, -0.2) is 53.3 Å². The van der Waals surface area contributed by atoms with Crippen molar-refractivity contribution in [3.05, 3.63) is 59.3 Å². The van der Waals surface area contributed by atoms with Crippen LogP contribution in [0.4, 0.5) is 4.39 Å². The number of nitrogens with one attached hydrogen (secondary N) is 2. The second kappa shape index (κ2) is 9.12. The van der Waals surface area contributed by atoms with Crippen molar-refractivity contribution < 1.29 is 28.9 Å². The van der Waals surface area contributed by atoms with Crippen molar-refractivity contribution >= 4 is 17.6 Å². The summed E-state index contributed by atoms with van der Waals surface area (Å²) in [5.41, 5.74) is 0.253. The molecule has 4 rings (SSSR count). The largest absolute Gasteiger partial charge is 0.487 e. The van der Waals surface area contributed by atoms with Gasteiger partial charge in [-0.25, -0.2) is 19.5 Å². The van der Waals surface area contributed by atoms with Crippen LogP contribution in [0, 0.1) is 5.82 Å². The molecule has 1 saturated heterocycles. The zero-order chi connectivity index (χ0) is 24.5. The predicted octanol–water partition coefficient (Wildman–Crippen LogP) is 1.19. The summed E-state index contributed by atoms with van der Waals surface area (Å²) >= 11 is 0. The molecule has 0 radical (unpaired) electrons. The van der Waals surface area contributed by atoms with Gasteiger partial charge >= 0.3 is 5.91 Å². The second-order valence-corrected chi connectivity index (χ2v) is 8.77. The number of ether oxygens (including phenoxy) is 2. The molecule has 178 valence electrons. The molecule has 9 nitrogen and oxygen atoms in total. The van der Waals surface area contributed by atoms with E-state index >= 15 is 0 Å². The average molecular weight is 469 g/mol. The van der Waals surface area contributed by atoms with Gasteiger partial charge in [0, 0.05) is 50.5 Å². The van der Waals surface area contributed by atoms with E-state index in [1.807, 2.05) is 13.8 Å². The first kappa shape index (κ1) is 23.2. The number of aromatic nitrogens is 1. The van der Waals surface area contributed by atoms with E-state index in [-0.39, 0.29) is 22.8 Å². The maximum Gasteiger partial charge on any atom is 0.339 e. The molecule has 0 saturated carbocycles. The molecule has 4 N–H and O–H groups in total. The van der Waals surface area contributed by atoms with Crippen molar-refractivity contribution in [2.24, 2.45) is 0 Å². The Balaban J connectivity index is 1.61. The number of nitrogens with two attached hydrogens (primary N) is 1. The fourth-order valence-corrected chi connectivity index (χ4v) is 3.71. The van der Waals surface area contributed by atoms with E-state index in [1.54, 1.807) is 25.4 Å². The highest BCUT2D eigenvalue weighted by atomic mass is 19.1. The van der Waals surface area contributed by atoms with E-state index < -0.39 is 23.2 Å². The van der Waals surface area contributed by atoms with Crippen LogP contribution >= 0.6 is 0 Å². The van der Waals surface area contributed by atoms with Crippen LogP contribution in [0.1, 0.15) is 46.7 Å². The van der Waals surface area contributed by atoms with Gasteiger partial charge in [-0.15, -0.1) is 0 Å². The number of hydrogen-bond donors (Lipinski definition) is 3. The summed E-state index contributed by atoms with van der Waals surface area (Å²) in [7, 11) is 1.71. The predicted molar refractivity (Wildman–Crippen MR) is 122 cm³/mol. The van der Waals surface area contributed by atoms with Crippen LogP contribution in [0.3, 0.4) is 0 Å². The SMILES string of the molecule is CN/C=C\C(=[NH2+])NC(=O)c1cc(Oc2cnc(C(=O)N3CCC3)c(F)c2)c2c(c1)OC(C)(C)C2. The minimum absolute atomic E-state index is 0.102. The molecule has 2 amide bonds. The Morgan fingerprint density at radius 1 is 1.29 bits per heavy atom. The smallest absolute Gasteiger partial charge is 0.339 e. The molecule has 1 aromatic carbocycles. The van der Waals surface area contributed by atoms with Crippen molar-refractivity contribution in [3.8, 4) is 17.2 Å². The molecule has 1 aromatic heterocycles. The molecule has 2 aliphatic heterocycles. The Labute approximate surface area is 196 Å². The molecule has 0 atom stereocenters. The summed E-state index contributed by atoms with van der Waals surface area (Å²) in [5, 5.41) is 11.2. The van der Waals surface area contributed by atoms with Gasteiger partial charge in [0.25, 0.3) is 11.7 Å². The maximum absolute atomic E-state index is 14.7. The molecule has 0 unspecified atom stereocenters. The van der Waals surface area contributed by atoms with Gasteiger partial charge in [0.1, 0.15) is 22.8 Å². The lowest BCUT2D eigenvalue weighted by Crippen LogP contribution is -2.49. The van der Waals surface area contributed by atoms with Gasteiger partial charge in [-0.1, -0.05) is 0 Å². The van der Waals surface area contributed by atoms with Crippen molar-refractivity contribution in [2.45, 2.75) is 32.3 Å². The standard InChI is InChI=1S/C24H26FN5O4/c1-24(2)12-16-18(9-14(10-19(16)34-24)22(31)29-20(26)5-6-27-3)33-15-11-17(25)21(28-13-15)23(32)30-7-4-8-30/h5-6,9-11,13,27H,4,7-8,12H2,1-3H3,(H2,26,29,31)/p+1/b6-5-. The van der Waals surface area contributed by atoms with Gasteiger partial charge in [-0.3, -0.25) is 10.2 Å². The lowest BCUT2D eigenvalue weighted by Gasteiger charge is -2.30. The first-order chi connectivity index (χ1) is 16.2. The van der Waals surface area contributed by atoms with E-state index in [1.165, 1.54) is 17.2 Å². The third-order valence-corrected chi connectivity index (χ3v) is 5.50. The number of halogens is 1. The Morgan fingerprint density at radius 3 is 2.71 bits per heavy atom. The van der Waals surface area contributed by atoms with Gasteiger partial charge < -0.3 is 19.7 Å². The Kier molecular flexibility index (Phi) is 6.23. The lowest BCUT2D eigenvalue weighted by atomic mass is 9.99. The van der Waals surface area contributed by atoms with E-state index in [0.29, 0.717) is 31.0 Å². The van der Waals surface area contributed by atoms with Gasteiger partial charge in [-0.2, -0.15) is 0 Å². The highest BCUT2D eigenvalue weighted by Gasteiger charge is 2.34. The van der Waals surface area contributed by atoms with Crippen LogP contribution < -0.4 is 25.5 Å². The minimum atomic E-state index is -0.768. The minimum Gasteiger partial charge on any atom is -0.487 e. The molecule has 0 spiro atoms. The van der Waals surface area contributed by atoms with Crippen LogP contribution in [0.25, 0.3) is 0 Å². The molecule has 1 fully saturated rings. The number of fused-ring (bicyclic) bond motifs is 1. The maximum atomic E-state index is 14.7. The van der Waals surface area contributed by atoms with Gasteiger partial charge in [0.15, 0.2) is 11.5 Å². The van der Waals surface area contributed by atoms with Crippen LogP contribution in [0.15, 0.2) is 36.7 Å². The summed E-state index contributed by atoms with van der Waals surface area (Å²) in [5.74, 6) is -0.585. The Bertz CT molecular complexity index is 1190. The quantitative estimate of drug-likeness (QED) is 0.433. The average Bonchev–Trinajstić information content (AvgIpc) is 3.05. The van der Waals surface area contributed by atoms with Crippen LogP contribution in [-0.2, 0) is 6.42 Å². The van der Waals surface area contributed by atoms with E-state index in [4.69, 9.17) is 14.9 Å². The zero-order valence-corrected chi connectivity index (χ0v) is 19.3. The molecule has 2 aliphatic rings. The number of likely N-dealkylation sites (tertiary alicyclic amines) is 1. The van der Waals surface area contributed by atoms with E-state index in [0.717, 1.165) is 18.1 Å². The molecule has 10 heteroatoms. The first-order valence-corrected chi connectivity index (χ1v) is 10.9. The van der Waals surface area contributed by atoms with Crippen LogP contribution in [0.5, 0.6) is 17.2 Å². The number of rotatable bonds is 6. The monoisotopic (exact) mass is 468 g/mol. The fraction of sp³-hybridized carbons (Fsp3) is 0.333. The van der Waals surface area contributed by atoms with Crippen molar-refractivity contribution in [1.29, 1.82) is 0 Å². The van der Waals surface area contributed by atoms with E-state index in [9.17, 15) is 14.0 Å². The molecule has 2 aromatic rings. The summed E-state index contributed by atoms with van der Waals surface area (Å²) in [6.07, 6.45) is 5.82. The zero-order valence-electron chi connectivity index (χ0n) is 19.3. The van der Waals surface area contributed by atoms with Crippen LogP contribution in [0.2, 0.25) is 0 Å². The fourth-order valence-electron chi connectivity index (χ4n) is 3.71. The summed E-state index contributed by atoms with van der Waals surface area (Å²) < 4.78 is 26.6. The van der Waals surface area contributed by atoms with Crippen molar-refractivity contribution in [2.75, 3.05) is 20.1 Å². The first-order valence-electron chi connectivity index (χ1n) is 10.9. The summed E-state index contributed by atoms with van der Waals surface area (Å²) in [6, 6.07) is 4.29. The number of benzene rings is 1. The highest BCUT2D eigenvalue weighted by molar-refractivity contribution is 6.08. The molecule has 0 aliphatic carbocycles. The molecular weight excluding hydrogens is 441 g/mol. The number of amides is 2. The second-order valence-electron chi connectivity index (χ2n) is 8.77. The number of amidine groups is 1. The molecule has 34 heavy (non-hydrogen) atoms. The Morgan fingerprint density at radius 2 is 2.06 bits per heavy atom. The summed E-state index contributed by atoms with van der Waals surface area (Å²) in [4.78, 5) is 30.6. The molecule has 3 heterocycles. The van der Waals surface area contributed by atoms with Gasteiger partial charge in [-0.05, 0) is 32.4 Å².